The molecule has 7 heteroatoms. The predicted molar refractivity (Wildman–Crippen MR) is 128 cm³/mol. The van der Waals surface area contributed by atoms with Crippen LogP contribution in [0.4, 0.5) is 30.2 Å². The molecule has 4 atom stereocenters. The van der Waals surface area contributed by atoms with E-state index in [2.05, 4.69) is 36.4 Å². The fourth-order valence-corrected chi connectivity index (χ4v) is 5.99. The molecule has 3 fully saturated rings. The molecule has 2 aromatic carbocycles. The van der Waals surface area contributed by atoms with Gasteiger partial charge in [0.15, 0.2) is 0 Å². The highest BCUT2D eigenvalue weighted by Gasteiger charge is 2.57. The third kappa shape index (κ3) is 3.91. The van der Waals surface area contributed by atoms with Crippen molar-refractivity contribution in [3.05, 3.63) is 60.3 Å². The van der Waals surface area contributed by atoms with Gasteiger partial charge in [-0.1, -0.05) is 45.0 Å². The Bertz CT molecular complexity index is 1250. The predicted octanol–water partition coefficient (Wildman–Crippen LogP) is 7.25. The lowest BCUT2D eigenvalue weighted by Gasteiger charge is -2.61. The molecule has 3 aliphatic rings. The molecule has 3 aliphatic carbocycles. The van der Waals surface area contributed by atoms with Crippen molar-refractivity contribution in [2.45, 2.75) is 39.8 Å². The monoisotopic (exact) mass is 467 g/mol. The van der Waals surface area contributed by atoms with Gasteiger partial charge < -0.3 is 10.6 Å². The molecule has 1 heterocycles. The van der Waals surface area contributed by atoms with Crippen LogP contribution in [-0.2, 0) is 11.0 Å². The maximum atomic E-state index is 13.4. The average molecular weight is 468 g/mol. The number of carbonyl (C=O) groups is 1. The lowest BCUT2D eigenvalue weighted by molar-refractivity contribution is -0.149. The van der Waals surface area contributed by atoms with Gasteiger partial charge in [0.25, 0.3) is 0 Å². The van der Waals surface area contributed by atoms with E-state index in [9.17, 15) is 18.0 Å². The molecule has 1 amide bonds. The SMILES string of the molecule is CC1C(C(=O)Nc2cccc(Nc3cc(C(F)(F)F)nc4ccccc34)c2)CC2CC1C2(C)C. The molecule has 178 valence electrons. The van der Waals surface area contributed by atoms with Crippen LogP contribution in [0.15, 0.2) is 54.6 Å². The summed E-state index contributed by atoms with van der Waals surface area (Å²) >= 11 is 0. The molecular weight excluding hydrogens is 439 g/mol. The maximum Gasteiger partial charge on any atom is 0.433 e. The first-order valence-electron chi connectivity index (χ1n) is 11.7. The van der Waals surface area contributed by atoms with E-state index in [0.29, 0.717) is 45.6 Å². The maximum absolute atomic E-state index is 13.4. The van der Waals surface area contributed by atoms with E-state index in [1.165, 1.54) is 6.42 Å². The highest BCUT2D eigenvalue weighted by molar-refractivity contribution is 5.95. The molecule has 2 bridgehead atoms. The average Bonchev–Trinajstić information content (AvgIpc) is 2.78. The molecular formula is C27H28F3N3O. The number of amides is 1. The molecule has 3 saturated carbocycles. The van der Waals surface area contributed by atoms with Crippen LogP contribution < -0.4 is 10.6 Å². The molecule has 0 saturated heterocycles. The zero-order valence-electron chi connectivity index (χ0n) is 19.4. The van der Waals surface area contributed by atoms with Crippen molar-refractivity contribution >= 4 is 33.9 Å². The molecule has 34 heavy (non-hydrogen) atoms. The number of anilines is 3. The minimum Gasteiger partial charge on any atom is -0.355 e. The van der Waals surface area contributed by atoms with Gasteiger partial charge in [-0.2, -0.15) is 13.2 Å². The lowest BCUT2D eigenvalue weighted by Crippen LogP contribution is -2.56. The Balaban J connectivity index is 1.36. The van der Waals surface area contributed by atoms with Crippen LogP contribution in [0.5, 0.6) is 0 Å². The van der Waals surface area contributed by atoms with Gasteiger partial charge >= 0.3 is 6.18 Å². The zero-order chi connectivity index (χ0) is 24.3. The second kappa shape index (κ2) is 8.00. The first-order chi connectivity index (χ1) is 16.0. The third-order valence-electron chi connectivity index (χ3n) is 8.11. The van der Waals surface area contributed by atoms with Crippen LogP contribution in [-0.4, -0.2) is 10.9 Å². The number of fused-ring (bicyclic) bond motifs is 3. The van der Waals surface area contributed by atoms with E-state index in [1.54, 1.807) is 48.5 Å². The minimum atomic E-state index is -4.55. The number of hydrogen-bond donors (Lipinski definition) is 2. The quantitative estimate of drug-likeness (QED) is 0.425. The highest BCUT2D eigenvalue weighted by atomic mass is 19.4. The number of benzene rings is 2. The Kier molecular flexibility index (Phi) is 5.34. The molecule has 0 aliphatic heterocycles. The molecule has 0 radical (unpaired) electrons. The molecule has 1 aromatic heterocycles. The Morgan fingerprint density at radius 2 is 1.76 bits per heavy atom. The summed E-state index contributed by atoms with van der Waals surface area (Å²) in [5.41, 5.74) is 1.13. The van der Waals surface area contributed by atoms with Crippen LogP contribution >= 0.6 is 0 Å². The number of nitrogens with zero attached hydrogens (tertiary/aromatic N) is 1. The Morgan fingerprint density at radius 1 is 1.03 bits per heavy atom. The molecule has 4 unspecified atom stereocenters. The molecule has 2 N–H and O–H groups in total. The number of carbonyl (C=O) groups excluding carboxylic acids is 1. The summed E-state index contributed by atoms with van der Waals surface area (Å²) in [6.45, 7) is 6.79. The normalized spacial score (nSPS) is 25.5. The number of rotatable bonds is 4. The zero-order valence-corrected chi connectivity index (χ0v) is 19.4. The van der Waals surface area contributed by atoms with Gasteiger partial charge in [-0.15, -0.1) is 0 Å². The fraction of sp³-hybridized carbons (Fsp3) is 0.407. The van der Waals surface area contributed by atoms with Gasteiger partial charge in [0.1, 0.15) is 5.69 Å². The van der Waals surface area contributed by atoms with Crippen LogP contribution in [0.25, 0.3) is 10.9 Å². The standard InChI is InChI=1S/C27H28F3N3O/c1-15-20(11-16-12-21(15)26(16,2)3)25(34)32-18-8-6-7-17(13-18)31-23-14-24(27(28,29)30)33-22-10-5-4-9-19(22)23/h4-10,13-16,20-21H,11-12H2,1-3H3,(H,31,33)(H,32,34). The first kappa shape index (κ1) is 22.7. The number of nitrogens with one attached hydrogen (secondary N) is 2. The van der Waals surface area contributed by atoms with E-state index in [4.69, 9.17) is 0 Å². The molecule has 0 spiro atoms. The van der Waals surface area contributed by atoms with Crippen LogP contribution in [0.1, 0.15) is 39.3 Å². The topological polar surface area (TPSA) is 54.0 Å². The summed E-state index contributed by atoms with van der Waals surface area (Å²) in [4.78, 5) is 16.9. The van der Waals surface area contributed by atoms with Crippen molar-refractivity contribution in [2.75, 3.05) is 10.6 Å². The van der Waals surface area contributed by atoms with Crippen LogP contribution in [0.3, 0.4) is 0 Å². The largest absolute Gasteiger partial charge is 0.433 e. The molecule has 3 aromatic rings. The van der Waals surface area contributed by atoms with E-state index >= 15 is 0 Å². The summed E-state index contributed by atoms with van der Waals surface area (Å²) in [5.74, 6) is 1.47. The smallest absolute Gasteiger partial charge is 0.355 e. The van der Waals surface area contributed by atoms with Crippen LogP contribution in [0, 0.1) is 29.1 Å². The van der Waals surface area contributed by atoms with Crippen molar-refractivity contribution in [3.63, 3.8) is 0 Å². The van der Waals surface area contributed by atoms with Gasteiger partial charge in [-0.3, -0.25) is 4.79 Å². The van der Waals surface area contributed by atoms with Crippen molar-refractivity contribution in [1.29, 1.82) is 0 Å². The van der Waals surface area contributed by atoms with Crippen LogP contribution in [0.2, 0.25) is 0 Å². The van der Waals surface area contributed by atoms with Crippen molar-refractivity contribution in [2.24, 2.45) is 29.1 Å². The van der Waals surface area contributed by atoms with Gasteiger partial charge in [-0.05, 0) is 66.3 Å². The fourth-order valence-electron chi connectivity index (χ4n) is 5.99. The summed E-state index contributed by atoms with van der Waals surface area (Å²) in [6.07, 6.45) is -2.45. The summed E-state index contributed by atoms with van der Waals surface area (Å²) in [6, 6.07) is 14.8. The number of alkyl halides is 3. The number of para-hydroxylation sites is 1. The molecule has 6 rings (SSSR count). The third-order valence-corrected chi connectivity index (χ3v) is 8.11. The number of aromatic nitrogens is 1. The Hall–Kier alpha value is -3.09. The van der Waals surface area contributed by atoms with E-state index in [-0.39, 0.29) is 17.3 Å². The number of halogens is 3. The minimum absolute atomic E-state index is 0.0172. The molecule has 4 nitrogen and oxygen atoms in total. The van der Waals surface area contributed by atoms with E-state index < -0.39 is 11.9 Å². The number of hydrogen-bond acceptors (Lipinski definition) is 3. The van der Waals surface area contributed by atoms with Gasteiger partial charge in [0.05, 0.1) is 11.2 Å². The van der Waals surface area contributed by atoms with Crippen molar-refractivity contribution in [1.82, 2.24) is 4.98 Å². The van der Waals surface area contributed by atoms with E-state index in [0.717, 1.165) is 12.5 Å². The summed E-state index contributed by atoms with van der Waals surface area (Å²) in [7, 11) is 0. The Morgan fingerprint density at radius 3 is 2.47 bits per heavy atom. The second-order valence-electron chi connectivity index (χ2n) is 10.3. The number of pyridine rings is 1. The highest BCUT2D eigenvalue weighted by Crippen LogP contribution is 2.63. The van der Waals surface area contributed by atoms with Crippen molar-refractivity contribution in [3.8, 4) is 0 Å². The van der Waals surface area contributed by atoms with Crippen molar-refractivity contribution < 1.29 is 18.0 Å². The Labute approximate surface area is 197 Å². The summed E-state index contributed by atoms with van der Waals surface area (Å²) in [5, 5.41) is 6.72. The second-order valence-corrected chi connectivity index (χ2v) is 10.3. The van der Waals surface area contributed by atoms with Gasteiger partial charge in [-0.25, -0.2) is 4.98 Å². The summed E-state index contributed by atoms with van der Waals surface area (Å²) < 4.78 is 40.2. The first-order valence-corrected chi connectivity index (χ1v) is 11.7. The van der Waals surface area contributed by atoms with E-state index in [1.807, 2.05) is 0 Å². The van der Waals surface area contributed by atoms with Gasteiger partial charge in [0.2, 0.25) is 5.91 Å². The lowest BCUT2D eigenvalue weighted by atomic mass is 9.43. The van der Waals surface area contributed by atoms with Gasteiger partial charge in [0, 0.05) is 22.7 Å².